The molecule has 2 rings (SSSR count). The Morgan fingerprint density at radius 1 is 0.889 bits per heavy atom. The molecule has 94 valence electrons. The normalized spacial score (nSPS) is 10.1. The zero-order chi connectivity index (χ0) is 13.4. The van der Waals surface area contributed by atoms with Crippen LogP contribution in [0.4, 0.5) is 0 Å². The van der Waals surface area contributed by atoms with E-state index in [-0.39, 0.29) is 4.90 Å². The maximum absolute atomic E-state index is 10.4. The quantitative estimate of drug-likeness (QED) is 0.845. The molecule has 0 unspecified atom stereocenters. The van der Waals surface area contributed by atoms with Crippen LogP contribution in [0.1, 0.15) is 5.56 Å². The molecule has 0 aliphatic carbocycles. The lowest BCUT2D eigenvalue weighted by molar-refractivity contribution is 0.483. The van der Waals surface area contributed by atoms with Crippen LogP contribution in [-0.4, -0.2) is 13.0 Å². The first-order valence-electron chi connectivity index (χ1n) is 5.24. The van der Waals surface area contributed by atoms with Gasteiger partial charge in [-0.05, 0) is 17.7 Å². The Hall–Kier alpha value is -1.91. The summed E-state index contributed by atoms with van der Waals surface area (Å²) >= 11 is 0. The van der Waals surface area contributed by atoms with E-state index in [9.17, 15) is 8.42 Å². The van der Waals surface area contributed by atoms with Crippen molar-refractivity contribution in [1.82, 2.24) is 0 Å². The molecule has 2 aromatic carbocycles. The average molecular weight is 262 g/mol. The van der Waals surface area contributed by atoms with Gasteiger partial charge in [-0.25, -0.2) is 0 Å². The molecule has 0 atom stereocenters. The van der Waals surface area contributed by atoms with Crippen molar-refractivity contribution in [1.29, 1.82) is 0 Å². The maximum Gasteiger partial charge on any atom is 0.294 e. The molecule has 0 aliphatic heterocycles. The molecule has 0 bridgehead atoms. The van der Waals surface area contributed by atoms with Gasteiger partial charge < -0.3 is 0 Å². The summed E-state index contributed by atoms with van der Waals surface area (Å²) in [6.07, 6.45) is 1.83. The third-order valence-corrected chi connectivity index (χ3v) is 2.94. The number of rotatable bonds is 2. The largest absolute Gasteiger partial charge is 0.294 e. The van der Waals surface area contributed by atoms with Crippen LogP contribution in [0.3, 0.4) is 0 Å². The van der Waals surface area contributed by atoms with Gasteiger partial charge in [0, 0.05) is 0 Å². The van der Waals surface area contributed by atoms with Crippen LogP contribution in [0.5, 0.6) is 0 Å². The molecule has 3 nitrogen and oxygen atoms in total. The fraction of sp³-hybridized carbons (Fsp3) is 0. The van der Waals surface area contributed by atoms with Gasteiger partial charge in [-0.2, -0.15) is 8.42 Å². The Balaban J connectivity index is 0.000000184. The van der Waals surface area contributed by atoms with Crippen molar-refractivity contribution >= 4 is 16.2 Å². The highest BCUT2D eigenvalue weighted by Gasteiger charge is 2.05. The van der Waals surface area contributed by atoms with Crippen LogP contribution in [0.25, 0.3) is 6.08 Å². The molecule has 18 heavy (non-hydrogen) atoms. The van der Waals surface area contributed by atoms with Crippen LogP contribution in [-0.2, 0) is 10.1 Å². The zero-order valence-electron chi connectivity index (χ0n) is 9.73. The number of hydrogen-bond donors (Lipinski definition) is 1. The van der Waals surface area contributed by atoms with E-state index in [1.165, 1.54) is 17.7 Å². The smallest absolute Gasteiger partial charge is 0.282 e. The van der Waals surface area contributed by atoms with Gasteiger partial charge in [-0.1, -0.05) is 61.2 Å². The second kappa shape index (κ2) is 6.74. The van der Waals surface area contributed by atoms with Crippen LogP contribution < -0.4 is 0 Å². The van der Waals surface area contributed by atoms with E-state index in [0.717, 1.165) is 0 Å². The van der Waals surface area contributed by atoms with Crippen LogP contribution in [0.2, 0.25) is 0 Å². The second-order valence-corrected chi connectivity index (χ2v) is 4.82. The van der Waals surface area contributed by atoms with Crippen molar-refractivity contribution in [2.75, 3.05) is 0 Å². The minimum atomic E-state index is -4.00. The molecule has 1 N–H and O–H groups in total. The second-order valence-electron chi connectivity index (χ2n) is 3.40. The van der Waals surface area contributed by atoms with Gasteiger partial charge in [0.25, 0.3) is 10.1 Å². The molecule has 4 heteroatoms. The summed E-state index contributed by atoms with van der Waals surface area (Å²) in [5.74, 6) is 0. The molecule has 0 aliphatic rings. The van der Waals surface area contributed by atoms with Crippen molar-refractivity contribution in [3.8, 4) is 0 Å². The fourth-order valence-corrected chi connectivity index (χ4v) is 1.68. The number of benzene rings is 2. The summed E-state index contributed by atoms with van der Waals surface area (Å²) in [5.41, 5.74) is 1.17. The summed E-state index contributed by atoms with van der Waals surface area (Å²) in [4.78, 5) is -0.0741. The van der Waals surface area contributed by atoms with E-state index in [4.69, 9.17) is 4.55 Å². The van der Waals surface area contributed by atoms with E-state index in [2.05, 4.69) is 6.58 Å². The predicted molar refractivity (Wildman–Crippen MR) is 72.8 cm³/mol. The standard InChI is InChI=1S/C8H8.C6H6O3S/c1-2-8-6-4-3-5-7-8;7-10(8,9)6-4-2-1-3-5-6/h2-7H,1H2;1-5H,(H,7,8,9). The molecular weight excluding hydrogens is 248 g/mol. The molecule has 0 amide bonds. The van der Waals surface area contributed by atoms with Crippen molar-refractivity contribution < 1.29 is 13.0 Å². The van der Waals surface area contributed by atoms with Gasteiger partial charge in [0.1, 0.15) is 0 Å². The predicted octanol–water partition coefficient (Wildman–Crippen LogP) is 3.26. The molecular formula is C14H14O3S. The Morgan fingerprint density at radius 2 is 1.33 bits per heavy atom. The minimum absolute atomic E-state index is 0.0741. The van der Waals surface area contributed by atoms with E-state index in [1.807, 2.05) is 36.4 Å². The van der Waals surface area contributed by atoms with Crippen LogP contribution in [0.15, 0.2) is 72.1 Å². The third-order valence-electron chi connectivity index (χ3n) is 2.08. The van der Waals surface area contributed by atoms with Crippen molar-refractivity contribution in [3.63, 3.8) is 0 Å². The van der Waals surface area contributed by atoms with Gasteiger partial charge in [-0.15, -0.1) is 0 Å². The topological polar surface area (TPSA) is 54.4 Å². The molecule has 0 saturated heterocycles. The summed E-state index contributed by atoms with van der Waals surface area (Å²) in [5, 5.41) is 0. The lowest BCUT2D eigenvalue weighted by Crippen LogP contribution is -1.96. The number of hydrogen-bond acceptors (Lipinski definition) is 2. The summed E-state index contributed by atoms with van der Waals surface area (Å²) in [6, 6.07) is 17.5. The van der Waals surface area contributed by atoms with Gasteiger partial charge in [-0.3, -0.25) is 4.55 Å². The van der Waals surface area contributed by atoms with Gasteiger partial charge in [0.05, 0.1) is 4.90 Å². The lowest BCUT2D eigenvalue weighted by atomic mass is 10.2. The highest BCUT2D eigenvalue weighted by Crippen LogP contribution is 2.05. The molecule has 0 heterocycles. The first-order valence-corrected chi connectivity index (χ1v) is 6.68. The first kappa shape index (κ1) is 14.2. The molecule has 0 aromatic heterocycles. The average Bonchev–Trinajstić information content (AvgIpc) is 2.40. The SMILES string of the molecule is C=Cc1ccccc1.O=S(=O)(O)c1ccccc1. The highest BCUT2D eigenvalue weighted by atomic mass is 32.2. The van der Waals surface area contributed by atoms with Crippen LogP contribution in [0, 0.1) is 0 Å². The molecule has 0 radical (unpaired) electrons. The van der Waals surface area contributed by atoms with Crippen molar-refractivity contribution in [2.24, 2.45) is 0 Å². The van der Waals surface area contributed by atoms with Gasteiger partial charge in [0.2, 0.25) is 0 Å². The summed E-state index contributed by atoms with van der Waals surface area (Å²) in [6.45, 7) is 3.63. The van der Waals surface area contributed by atoms with Crippen molar-refractivity contribution in [2.45, 2.75) is 4.90 Å². The molecule has 0 spiro atoms. The summed E-state index contributed by atoms with van der Waals surface area (Å²) in [7, 11) is -4.00. The van der Waals surface area contributed by atoms with E-state index >= 15 is 0 Å². The molecule has 0 fully saturated rings. The Morgan fingerprint density at radius 3 is 1.61 bits per heavy atom. The Bertz CT molecular complexity index is 575. The van der Waals surface area contributed by atoms with Crippen molar-refractivity contribution in [3.05, 3.63) is 72.8 Å². The fourth-order valence-electron chi connectivity index (χ4n) is 1.18. The van der Waals surface area contributed by atoms with E-state index in [0.29, 0.717) is 0 Å². The van der Waals surface area contributed by atoms with Gasteiger partial charge >= 0.3 is 0 Å². The van der Waals surface area contributed by atoms with Crippen LogP contribution >= 0.6 is 0 Å². The van der Waals surface area contributed by atoms with Gasteiger partial charge in [0.15, 0.2) is 0 Å². The minimum Gasteiger partial charge on any atom is -0.282 e. The summed E-state index contributed by atoms with van der Waals surface area (Å²) < 4.78 is 29.2. The lowest BCUT2D eigenvalue weighted by Gasteiger charge is -1.92. The first-order chi connectivity index (χ1) is 8.54. The van der Waals surface area contributed by atoms with E-state index in [1.54, 1.807) is 18.2 Å². The highest BCUT2D eigenvalue weighted by molar-refractivity contribution is 7.85. The van der Waals surface area contributed by atoms with E-state index < -0.39 is 10.1 Å². The monoisotopic (exact) mass is 262 g/mol. The maximum atomic E-state index is 10.4. The third kappa shape index (κ3) is 4.95. The Labute approximate surface area is 107 Å². The molecule has 2 aromatic rings. The zero-order valence-corrected chi connectivity index (χ0v) is 10.5. The Kier molecular flexibility index (Phi) is 5.30. The molecule has 0 saturated carbocycles.